The third-order valence-electron chi connectivity index (χ3n) is 7.03. The number of halogens is 3. The average Bonchev–Trinajstić information content (AvgIpc) is 2.85. The van der Waals surface area contributed by atoms with Crippen molar-refractivity contribution in [2.75, 3.05) is 40.0 Å². The van der Waals surface area contributed by atoms with Gasteiger partial charge < -0.3 is 14.6 Å². The molecule has 0 bridgehead atoms. The van der Waals surface area contributed by atoms with Crippen LogP contribution in [0.25, 0.3) is 10.9 Å². The standard InChI is InChI=1S/C27H31F3N2O3/c1-34-21-4-5-26-24(16-21)23(25(30)17-31-26)3-2-6-27(18-33)7-9-32(10-8-27)11-12-35-22-14-19(28)13-20(29)15-22/h4-5,13-17,33H,2-3,6-12,18H2,1H3. The molecule has 1 aliphatic heterocycles. The molecule has 1 saturated heterocycles. The SMILES string of the molecule is COc1ccc2ncc(F)c(CCCC3(CO)CCN(CCOc4cc(F)cc(F)c4)CC3)c2c1. The fourth-order valence-electron chi connectivity index (χ4n) is 4.87. The maximum atomic E-state index is 14.6. The molecule has 4 rings (SSSR count). The number of aromatic nitrogens is 1. The fraction of sp³-hybridized carbons (Fsp3) is 0.444. The lowest BCUT2D eigenvalue weighted by atomic mass is 9.75. The van der Waals surface area contributed by atoms with Crippen molar-refractivity contribution < 1.29 is 27.8 Å². The molecular weight excluding hydrogens is 457 g/mol. The van der Waals surface area contributed by atoms with Crippen LogP contribution in [0, 0.1) is 22.9 Å². The van der Waals surface area contributed by atoms with Gasteiger partial charge in [-0.3, -0.25) is 9.88 Å². The van der Waals surface area contributed by atoms with E-state index in [1.165, 1.54) is 18.3 Å². The molecule has 0 saturated carbocycles. The zero-order valence-corrected chi connectivity index (χ0v) is 19.9. The third kappa shape index (κ3) is 6.24. The van der Waals surface area contributed by atoms with Crippen molar-refractivity contribution in [1.29, 1.82) is 0 Å². The van der Waals surface area contributed by atoms with E-state index in [9.17, 15) is 18.3 Å². The first kappa shape index (κ1) is 25.3. The van der Waals surface area contributed by atoms with E-state index in [0.717, 1.165) is 55.7 Å². The van der Waals surface area contributed by atoms with E-state index >= 15 is 0 Å². The Morgan fingerprint density at radius 2 is 1.77 bits per heavy atom. The second kappa shape index (κ2) is 11.3. The molecule has 0 atom stereocenters. The van der Waals surface area contributed by atoms with Gasteiger partial charge in [0.15, 0.2) is 0 Å². The van der Waals surface area contributed by atoms with Crippen LogP contribution in [0.5, 0.6) is 11.5 Å². The highest BCUT2D eigenvalue weighted by atomic mass is 19.1. The van der Waals surface area contributed by atoms with Crippen LogP contribution < -0.4 is 9.47 Å². The summed E-state index contributed by atoms with van der Waals surface area (Å²) in [4.78, 5) is 6.41. The number of likely N-dealkylation sites (tertiary alicyclic amines) is 1. The minimum absolute atomic E-state index is 0.0906. The molecule has 0 unspecified atom stereocenters. The van der Waals surface area contributed by atoms with Crippen molar-refractivity contribution in [2.45, 2.75) is 32.1 Å². The number of hydrogen-bond donors (Lipinski definition) is 1. The van der Waals surface area contributed by atoms with Crippen molar-refractivity contribution in [1.82, 2.24) is 9.88 Å². The van der Waals surface area contributed by atoms with Gasteiger partial charge in [-0.05, 0) is 74.4 Å². The highest BCUT2D eigenvalue weighted by molar-refractivity contribution is 5.83. The van der Waals surface area contributed by atoms with Gasteiger partial charge in [0, 0.05) is 36.7 Å². The number of hydrogen-bond acceptors (Lipinski definition) is 5. The first-order valence-corrected chi connectivity index (χ1v) is 11.9. The van der Waals surface area contributed by atoms with E-state index in [0.29, 0.717) is 30.9 Å². The lowest BCUT2D eigenvalue weighted by Crippen LogP contribution is -2.43. The largest absolute Gasteiger partial charge is 0.497 e. The molecule has 1 N–H and O–H groups in total. The predicted molar refractivity (Wildman–Crippen MR) is 128 cm³/mol. The van der Waals surface area contributed by atoms with Gasteiger partial charge in [-0.15, -0.1) is 0 Å². The molecule has 2 heterocycles. The fourth-order valence-corrected chi connectivity index (χ4v) is 4.87. The van der Waals surface area contributed by atoms with Crippen LogP contribution in [0.15, 0.2) is 42.6 Å². The summed E-state index contributed by atoms with van der Waals surface area (Å²) in [7, 11) is 1.58. The lowest BCUT2D eigenvalue weighted by Gasteiger charge is -2.41. The molecule has 35 heavy (non-hydrogen) atoms. The number of aryl methyl sites for hydroxylation is 1. The van der Waals surface area contributed by atoms with Gasteiger partial charge in [-0.25, -0.2) is 13.2 Å². The molecule has 1 aromatic heterocycles. The smallest absolute Gasteiger partial charge is 0.145 e. The second-order valence-electron chi connectivity index (χ2n) is 9.27. The molecule has 8 heteroatoms. The van der Waals surface area contributed by atoms with Crippen molar-refractivity contribution in [3.05, 3.63) is 65.6 Å². The third-order valence-corrected chi connectivity index (χ3v) is 7.03. The van der Waals surface area contributed by atoms with Gasteiger partial charge >= 0.3 is 0 Å². The summed E-state index contributed by atoms with van der Waals surface area (Å²) < 4.78 is 52.0. The Kier molecular flexibility index (Phi) is 8.13. The van der Waals surface area contributed by atoms with Crippen molar-refractivity contribution in [3.8, 4) is 11.5 Å². The Labute approximate surface area is 203 Å². The number of aliphatic hydroxyl groups excluding tert-OH is 1. The lowest BCUT2D eigenvalue weighted by molar-refractivity contribution is 0.0315. The number of pyridine rings is 1. The van der Waals surface area contributed by atoms with Gasteiger partial charge in [0.2, 0.25) is 0 Å². The molecule has 5 nitrogen and oxygen atoms in total. The minimum Gasteiger partial charge on any atom is -0.497 e. The number of ether oxygens (including phenoxy) is 2. The summed E-state index contributed by atoms with van der Waals surface area (Å²) in [6.07, 6.45) is 5.02. The summed E-state index contributed by atoms with van der Waals surface area (Å²) in [6.45, 7) is 2.65. The Morgan fingerprint density at radius 3 is 2.46 bits per heavy atom. The molecular formula is C27H31F3N2O3. The Hall–Kier alpha value is -2.84. The summed E-state index contributed by atoms with van der Waals surface area (Å²) in [5.74, 6) is -0.805. The highest BCUT2D eigenvalue weighted by Gasteiger charge is 2.33. The highest BCUT2D eigenvalue weighted by Crippen LogP contribution is 2.37. The summed E-state index contributed by atoms with van der Waals surface area (Å²) in [5.41, 5.74) is 1.17. The van der Waals surface area contributed by atoms with E-state index < -0.39 is 11.6 Å². The number of rotatable bonds is 10. The summed E-state index contributed by atoms with van der Waals surface area (Å²) in [5, 5.41) is 10.9. The molecule has 0 amide bonds. The van der Waals surface area contributed by atoms with Gasteiger partial charge in [-0.1, -0.05) is 0 Å². The van der Waals surface area contributed by atoms with E-state index in [2.05, 4.69) is 9.88 Å². The topological polar surface area (TPSA) is 54.8 Å². The Morgan fingerprint density at radius 1 is 1.03 bits per heavy atom. The Balaban J connectivity index is 1.29. The minimum atomic E-state index is -0.663. The molecule has 0 spiro atoms. The number of fused-ring (bicyclic) bond motifs is 1. The number of aliphatic hydroxyl groups is 1. The van der Waals surface area contributed by atoms with Gasteiger partial charge in [-0.2, -0.15) is 0 Å². The first-order valence-electron chi connectivity index (χ1n) is 11.9. The molecule has 188 valence electrons. The zero-order valence-electron chi connectivity index (χ0n) is 19.9. The van der Waals surface area contributed by atoms with Crippen LogP contribution in [-0.4, -0.2) is 54.9 Å². The molecule has 0 radical (unpaired) electrons. The molecule has 1 fully saturated rings. The van der Waals surface area contributed by atoms with Crippen LogP contribution in [-0.2, 0) is 6.42 Å². The van der Waals surface area contributed by atoms with Crippen molar-refractivity contribution in [2.24, 2.45) is 5.41 Å². The number of benzene rings is 2. The van der Waals surface area contributed by atoms with Crippen LogP contribution in [0.4, 0.5) is 13.2 Å². The van der Waals surface area contributed by atoms with Crippen LogP contribution >= 0.6 is 0 Å². The maximum absolute atomic E-state index is 14.6. The monoisotopic (exact) mass is 488 g/mol. The predicted octanol–water partition coefficient (Wildman–Crippen LogP) is 5.14. The van der Waals surface area contributed by atoms with E-state index in [1.54, 1.807) is 7.11 Å². The summed E-state index contributed by atoms with van der Waals surface area (Å²) >= 11 is 0. The van der Waals surface area contributed by atoms with Crippen LogP contribution in [0.2, 0.25) is 0 Å². The van der Waals surface area contributed by atoms with Gasteiger partial charge in [0.1, 0.15) is 35.6 Å². The van der Waals surface area contributed by atoms with Crippen LogP contribution in [0.1, 0.15) is 31.2 Å². The molecule has 1 aliphatic rings. The Bertz CT molecular complexity index is 1130. The van der Waals surface area contributed by atoms with E-state index in [4.69, 9.17) is 9.47 Å². The number of piperidine rings is 1. The van der Waals surface area contributed by atoms with Crippen molar-refractivity contribution >= 4 is 10.9 Å². The summed E-state index contributed by atoms with van der Waals surface area (Å²) in [6, 6.07) is 8.61. The molecule has 0 aliphatic carbocycles. The number of methoxy groups -OCH3 is 1. The van der Waals surface area contributed by atoms with E-state index in [1.807, 2.05) is 18.2 Å². The molecule has 2 aromatic carbocycles. The zero-order chi connectivity index (χ0) is 24.8. The number of nitrogens with zero attached hydrogens (tertiary/aromatic N) is 2. The maximum Gasteiger partial charge on any atom is 0.145 e. The quantitative estimate of drug-likeness (QED) is 0.429. The first-order chi connectivity index (χ1) is 16.9. The molecule has 3 aromatic rings. The van der Waals surface area contributed by atoms with Gasteiger partial charge in [0.25, 0.3) is 0 Å². The average molecular weight is 489 g/mol. The van der Waals surface area contributed by atoms with E-state index in [-0.39, 0.29) is 23.6 Å². The van der Waals surface area contributed by atoms with Gasteiger partial charge in [0.05, 0.1) is 18.8 Å². The second-order valence-corrected chi connectivity index (χ2v) is 9.27. The van der Waals surface area contributed by atoms with Crippen molar-refractivity contribution in [3.63, 3.8) is 0 Å². The normalized spacial score (nSPS) is 15.9. The van der Waals surface area contributed by atoms with Crippen LogP contribution in [0.3, 0.4) is 0 Å².